The molecule has 1 heterocycles. The molecule has 0 aromatic carbocycles. The van der Waals surface area contributed by atoms with Crippen molar-refractivity contribution in [1.29, 1.82) is 0 Å². The molecule has 1 saturated heterocycles. The molecule has 0 saturated carbocycles. The monoisotopic (exact) mass is 241 g/mol. The Balaban J connectivity index is 2.45. The first-order chi connectivity index (χ1) is 8.06. The molecule has 0 aromatic heterocycles. The fourth-order valence-corrected chi connectivity index (χ4v) is 1.63. The number of imide groups is 1. The third-order valence-corrected chi connectivity index (χ3v) is 2.71. The molecule has 1 rings (SSSR count). The Hall–Kier alpha value is -1.43. The number of hydrogen-bond acceptors (Lipinski definition) is 4. The zero-order valence-electron chi connectivity index (χ0n) is 10.1. The maximum absolute atomic E-state index is 11.6. The molecule has 6 nitrogen and oxygen atoms in total. The van der Waals surface area contributed by atoms with E-state index in [1.807, 2.05) is 6.92 Å². The Morgan fingerprint density at radius 3 is 2.88 bits per heavy atom. The van der Waals surface area contributed by atoms with Crippen molar-refractivity contribution >= 4 is 17.7 Å². The SMILES string of the molecule is CCCCNC(=O)CN1C(=O)CCC(N)C1=O. The number of hydrogen-bond donors (Lipinski definition) is 2. The predicted molar refractivity (Wildman–Crippen MR) is 61.8 cm³/mol. The third-order valence-electron chi connectivity index (χ3n) is 2.71. The van der Waals surface area contributed by atoms with Gasteiger partial charge < -0.3 is 11.1 Å². The summed E-state index contributed by atoms with van der Waals surface area (Å²) >= 11 is 0. The largest absolute Gasteiger partial charge is 0.355 e. The van der Waals surface area contributed by atoms with E-state index in [4.69, 9.17) is 5.73 Å². The van der Waals surface area contributed by atoms with Crippen molar-refractivity contribution in [2.75, 3.05) is 13.1 Å². The van der Waals surface area contributed by atoms with Crippen LogP contribution in [0.25, 0.3) is 0 Å². The van der Waals surface area contributed by atoms with E-state index in [0.717, 1.165) is 17.7 Å². The molecule has 1 unspecified atom stereocenters. The zero-order chi connectivity index (χ0) is 12.8. The van der Waals surface area contributed by atoms with Crippen LogP contribution in [0.15, 0.2) is 0 Å². The number of piperidine rings is 1. The molecule has 96 valence electrons. The number of nitrogens with one attached hydrogen (secondary N) is 1. The first-order valence-electron chi connectivity index (χ1n) is 5.92. The molecule has 0 bridgehead atoms. The van der Waals surface area contributed by atoms with E-state index in [1.165, 1.54) is 0 Å². The smallest absolute Gasteiger partial charge is 0.246 e. The van der Waals surface area contributed by atoms with Crippen LogP contribution in [0.4, 0.5) is 0 Å². The summed E-state index contributed by atoms with van der Waals surface area (Å²) in [5.74, 6) is -1.08. The molecule has 1 atom stereocenters. The highest BCUT2D eigenvalue weighted by atomic mass is 16.2. The van der Waals surface area contributed by atoms with Crippen LogP contribution < -0.4 is 11.1 Å². The summed E-state index contributed by atoms with van der Waals surface area (Å²) in [5.41, 5.74) is 5.55. The molecule has 6 heteroatoms. The van der Waals surface area contributed by atoms with E-state index in [-0.39, 0.29) is 24.8 Å². The van der Waals surface area contributed by atoms with Crippen molar-refractivity contribution < 1.29 is 14.4 Å². The van der Waals surface area contributed by atoms with Crippen molar-refractivity contribution in [3.63, 3.8) is 0 Å². The number of amides is 3. The minimum Gasteiger partial charge on any atom is -0.355 e. The summed E-state index contributed by atoms with van der Waals surface area (Å²) in [4.78, 5) is 35.5. The van der Waals surface area contributed by atoms with Gasteiger partial charge in [0.25, 0.3) is 0 Å². The van der Waals surface area contributed by atoms with Crippen molar-refractivity contribution in [3.05, 3.63) is 0 Å². The van der Waals surface area contributed by atoms with Crippen molar-refractivity contribution in [2.24, 2.45) is 5.73 Å². The number of unbranched alkanes of at least 4 members (excludes halogenated alkanes) is 1. The summed E-state index contributed by atoms with van der Waals surface area (Å²) in [7, 11) is 0. The fraction of sp³-hybridized carbons (Fsp3) is 0.727. The fourth-order valence-electron chi connectivity index (χ4n) is 1.63. The van der Waals surface area contributed by atoms with Crippen LogP contribution in [0.1, 0.15) is 32.6 Å². The van der Waals surface area contributed by atoms with Gasteiger partial charge in [-0.1, -0.05) is 13.3 Å². The van der Waals surface area contributed by atoms with E-state index >= 15 is 0 Å². The Morgan fingerprint density at radius 1 is 1.53 bits per heavy atom. The quantitative estimate of drug-likeness (QED) is 0.495. The number of likely N-dealkylation sites (tertiary alicyclic amines) is 1. The molecule has 3 amide bonds. The normalized spacial score (nSPS) is 20.6. The average molecular weight is 241 g/mol. The second-order valence-electron chi connectivity index (χ2n) is 4.17. The standard InChI is InChI=1S/C11H19N3O3/c1-2-3-6-13-9(15)7-14-10(16)5-4-8(12)11(14)17/h8H,2-7,12H2,1H3,(H,13,15). The van der Waals surface area contributed by atoms with Gasteiger partial charge in [0.1, 0.15) is 6.54 Å². The van der Waals surface area contributed by atoms with Gasteiger partial charge in [0.15, 0.2) is 0 Å². The lowest BCUT2D eigenvalue weighted by atomic mass is 10.1. The lowest BCUT2D eigenvalue weighted by Gasteiger charge is -2.28. The first kappa shape index (κ1) is 13.6. The summed E-state index contributed by atoms with van der Waals surface area (Å²) < 4.78 is 0. The number of rotatable bonds is 5. The van der Waals surface area contributed by atoms with Crippen LogP contribution >= 0.6 is 0 Å². The summed E-state index contributed by atoms with van der Waals surface area (Å²) in [5, 5.41) is 2.66. The molecule has 0 spiro atoms. The summed E-state index contributed by atoms with van der Waals surface area (Å²) in [6.07, 6.45) is 2.46. The molecule has 3 N–H and O–H groups in total. The topological polar surface area (TPSA) is 92.5 Å². The molecule has 1 aliphatic heterocycles. The molecule has 0 aliphatic carbocycles. The van der Waals surface area contributed by atoms with E-state index in [2.05, 4.69) is 5.32 Å². The highest BCUT2D eigenvalue weighted by Crippen LogP contribution is 2.10. The van der Waals surface area contributed by atoms with Gasteiger partial charge in [-0.2, -0.15) is 0 Å². The lowest BCUT2D eigenvalue weighted by Crippen LogP contribution is -2.54. The van der Waals surface area contributed by atoms with Crippen LogP contribution in [0.2, 0.25) is 0 Å². The van der Waals surface area contributed by atoms with Gasteiger partial charge in [0.05, 0.1) is 6.04 Å². The van der Waals surface area contributed by atoms with Gasteiger partial charge >= 0.3 is 0 Å². The molecular formula is C11H19N3O3. The van der Waals surface area contributed by atoms with Gasteiger partial charge in [-0.3, -0.25) is 19.3 Å². The van der Waals surface area contributed by atoms with Crippen molar-refractivity contribution in [3.8, 4) is 0 Å². The third kappa shape index (κ3) is 3.81. The second kappa shape index (κ2) is 6.34. The van der Waals surface area contributed by atoms with Gasteiger partial charge in [0, 0.05) is 13.0 Å². The summed E-state index contributed by atoms with van der Waals surface area (Å²) in [6.45, 7) is 2.37. The second-order valence-corrected chi connectivity index (χ2v) is 4.17. The number of nitrogens with two attached hydrogens (primary N) is 1. The molecule has 0 radical (unpaired) electrons. The highest BCUT2D eigenvalue weighted by Gasteiger charge is 2.32. The van der Waals surface area contributed by atoms with E-state index in [9.17, 15) is 14.4 Å². The Morgan fingerprint density at radius 2 is 2.24 bits per heavy atom. The van der Waals surface area contributed by atoms with Crippen LogP contribution in [0, 0.1) is 0 Å². The Kier molecular flexibility index (Phi) is 5.09. The average Bonchev–Trinajstić information content (AvgIpc) is 2.30. The van der Waals surface area contributed by atoms with Crippen LogP contribution in [0.5, 0.6) is 0 Å². The molecular weight excluding hydrogens is 222 g/mol. The Labute approximate surface area is 101 Å². The van der Waals surface area contributed by atoms with Crippen molar-refractivity contribution in [2.45, 2.75) is 38.6 Å². The van der Waals surface area contributed by atoms with E-state index < -0.39 is 11.9 Å². The lowest BCUT2D eigenvalue weighted by molar-refractivity contribution is -0.151. The van der Waals surface area contributed by atoms with Gasteiger partial charge in [-0.25, -0.2) is 0 Å². The van der Waals surface area contributed by atoms with Crippen LogP contribution in [0.3, 0.4) is 0 Å². The minimum atomic E-state index is -0.656. The maximum atomic E-state index is 11.6. The number of carbonyl (C=O) groups is 3. The van der Waals surface area contributed by atoms with Gasteiger partial charge in [-0.05, 0) is 12.8 Å². The van der Waals surface area contributed by atoms with E-state index in [0.29, 0.717) is 13.0 Å². The number of carbonyl (C=O) groups excluding carboxylic acids is 3. The zero-order valence-corrected chi connectivity index (χ0v) is 10.1. The van der Waals surface area contributed by atoms with Gasteiger partial charge in [0.2, 0.25) is 17.7 Å². The van der Waals surface area contributed by atoms with Gasteiger partial charge in [-0.15, -0.1) is 0 Å². The molecule has 0 aromatic rings. The maximum Gasteiger partial charge on any atom is 0.246 e. The molecule has 1 aliphatic rings. The van der Waals surface area contributed by atoms with Crippen LogP contribution in [-0.4, -0.2) is 41.8 Å². The minimum absolute atomic E-state index is 0.213. The molecule has 1 fully saturated rings. The Bertz CT molecular complexity index is 317. The van der Waals surface area contributed by atoms with Crippen molar-refractivity contribution in [1.82, 2.24) is 10.2 Å². The predicted octanol–water partition coefficient (Wildman–Crippen LogP) is -0.621. The summed E-state index contributed by atoms with van der Waals surface area (Å²) in [6, 6.07) is -0.656. The van der Waals surface area contributed by atoms with E-state index in [1.54, 1.807) is 0 Å². The first-order valence-corrected chi connectivity index (χ1v) is 5.92. The highest BCUT2D eigenvalue weighted by molar-refractivity contribution is 6.03. The molecule has 17 heavy (non-hydrogen) atoms. The van der Waals surface area contributed by atoms with Crippen LogP contribution in [-0.2, 0) is 14.4 Å². The number of nitrogens with zero attached hydrogens (tertiary/aromatic N) is 1.